The van der Waals surface area contributed by atoms with Crippen LogP contribution in [0.1, 0.15) is 22.3 Å². The second-order valence-electron chi connectivity index (χ2n) is 3.21. The van der Waals surface area contributed by atoms with Gasteiger partial charge in [-0.15, -0.1) is 0 Å². The molecule has 3 nitrogen and oxygen atoms in total. The molecule has 85 valence electrons. The van der Waals surface area contributed by atoms with Crippen molar-refractivity contribution in [3.63, 3.8) is 0 Å². The zero-order chi connectivity index (χ0) is 12.0. The van der Waals surface area contributed by atoms with E-state index in [1.165, 1.54) is 0 Å². The van der Waals surface area contributed by atoms with Crippen molar-refractivity contribution < 1.29 is 14.6 Å². The van der Waals surface area contributed by atoms with Crippen molar-refractivity contribution in [2.45, 2.75) is 19.1 Å². The van der Waals surface area contributed by atoms with Gasteiger partial charge in [0, 0.05) is 13.8 Å². The van der Waals surface area contributed by atoms with Crippen molar-refractivity contribution in [2.75, 3.05) is 6.61 Å². The molecule has 0 amide bonds. The summed E-state index contributed by atoms with van der Waals surface area (Å²) in [5.74, 6) is -0.311. The highest BCUT2D eigenvalue weighted by atomic mass is 127. The molecule has 0 saturated heterocycles. The van der Waals surface area contributed by atoms with Crippen molar-refractivity contribution in [3.05, 3.63) is 32.9 Å². The first-order chi connectivity index (χ1) is 7.69. The van der Waals surface area contributed by atoms with Gasteiger partial charge in [-0.2, -0.15) is 0 Å². The average molecular weight is 347 g/mol. The van der Waals surface area contributed by atoms with Crippen LogP contribution >= 0.6 is 22.6 Å². The number of hydrogen-bond acceptors (Lipinski definition) is 3. The number of hydrogen-bond donors (Lipinski definition) is 1. The molecule has 16 heavy (non-hydrogen) atoms. The van der Waals surface area contributed by atoms with Gasteiger partial charge < -0.3 is 9.84 Å². The van der Waals surface area contributed by atoms with Gasteiger partial charge in [-0.3, -0.25) is 0 Å². The number of rotatable bonds is 5. The second kappa shape index (κ2) is 7.03. The normalized spacial score (nSPS) is 10.2. The van der Waals surface area contributed by atoms with Crippen molar-refractivity contribution >= 4 is 38.8 Å². The molecule has 0 atom stereocenters. The number of halogens is 1. The van der Waals surface area contributed by atoms with Crippen molar-refractivity contribution in [3.8, 4) is 0 Å². The molecule has 0 heterocycles. The van der Waals surface area contributed by atoms with E-state index in [2.05, 4.69) is 32.8 Å². The minimum absolute atomic E-state index is 0.0192. The molecule has 0 spiro atoms. The van der Waals surface area contributed by atoms with E-state index in [4.69, 9.17) is 9.84 Å². The molecule has 0 unspecified atom stereocenters. The number of aliphatic hydroxyl groups is 1. The first-order valence-corrected chi connectivity index (χ1v) is 6.68. The lowest BCUT2D eigenvalue weighted by Gasteiger charge is -2.06. The summed E-state index contributed by atoms with van der Waals surface area (Å²) in [5.41, 5.74) is 1.34. The molecule has 5 heteroatoms. The fourth-order valence-electron chi connectivity index (χ4n) is 1.14. The first-order valence-electron chi connectivity index (χ1n) is 4.90. The molecule has 0 aliphatic heterocycles. The average Bonchev–Trinajstić information content (AvgIpc) is 2.29. The lowest BCUT2D eigenvalue weighted by atomic mass is 10.1. The maximum atomic E-state index is 11.6. The van der Waals surface area contributed by atoms with Crippen LogP contribution in [0.2, 0.25) is 6.04 Å². The van der Waals surface area contributed by atoms with E-state index < -0.39 is 0 Å². The lowest BCUT2D eigenvalue weighted by molar-refractivity contribution is 0.0504. The zero-order valence-corrected chi connectivity index (χ0v) is 11.9. The highest BCUT2D eigenvalue weighted by Crippen LogP contribution is 2.16. The summed E-state index contributed by atoms with van der Waals surface area (Å²) in [7, 11) is 3.31. The van der Waals surface area contributed by atoms with E-state index in [0.717, 1.165) is 21.6 Å². The zero-order valence-electron chi connectivity index (χ0n) is 8.70. The van der Waals surface area contributed by atoms with Crippen molar-refractivity contribution in [1.82, 2.24) is 0 Å². The predicted octanol–water partition coefficient (Wildman–Crippen LogP) is 1.92. The Bertz CT molecular complexity index is 368. The number of carbonyl (C=O) groups is 1. The molecule has 1 rings (SSSR count). The van der Waals surface area contributed by atoms with Crippen LogP contribution in [0.25, 0.3) is 0 Å². The van der Waals surface area contributed by atoms with Crippen LogP contribution in [0.15, 0.2) is 18.2 Å². The van der Waals surface area contributed by atoms with Gasteiger partial charge >= 0.3 is 5.97 Å². The Balaban J connectivity index is 2.68. The molecule has 1 aromatic rings. The molecule has 0 bridgehead atoms. The van der Waals surface area contributed by atoms with E-state index in [-0.39, 0.29) is 12.6 Å². The van der Waals surface area contributed by atoms with Gasteiger partial charge in [-0.1, -0.05) is 12.1 Å². The SMILES string of the molecule is O=C(OCCC[Si])c1ccc(CO)cc1I. The lowest BCUT2D eigenvalue weighted by Crippen LogP contribution is -2.08. The summed E-state index contributed by atoms with van der Waals surface area (Å²) in [4.78, 5) is 11.6. The molecule has 0 saturated carbocycles. The third kappa shape index (κ3) is 3.87. The van der Waals surface area contributed by atoms with Crippen LogP contribution in [-0.2, 0) is 11.3 Å². The fourth-order valence-corrected chi connectivity index (χ4v) is 2.08. The van der Waals surface area contributed by atoms with Crippen LogP contribution in [0.3, 0.4) is 0 Å². The summed E-state index contributed by atoms with van der Waals surface area (Å²) in [6.45, 7) is 0.398. The predicted molar refractivity (Wildman–Crippen MR) is 70.5 cm³/mol. The van der Waals surface area contributed by atoms with E-state index in [1.54, 1.807) is 18.2 Å². The third-order valence-electron chi connectivity index (χ3n) is 1.99. The third-order valence-corrected chi connectivity index (χ3v) is 3.24. The molecule has 1 N–H and O–H groups in total. The number of esters is 1. The van der Waals surface area contributed by atoms with Crippen LogP contribution in [0.5, 0.6) is 0 Å². The standard InChI is InChI=1S/C11H12IO3Si/c12-10-6-8(7-13)2-3-9(10)11(14)15-4-1-5-16/h2-3,6,13H,1,4-5,7H2. The molecular weight excluding hydrogens is 335 g/mol. The van der Waals surface area contributed by atoms with Gasteiger partial charge in [0.05, 0.1) is 18.8 Å². The smallest absolute Gasteiger partial charge is 0.339 e. The highest BCUT2D eigenvalue weighted by Gasteiger charge is 2.11. The minimum Gasteiger partial charge on any atom is -0.462 e. The Labute approximate surface area is 112 Å². The quantitative estimate of drug-likeness (QED) is 0.383. The highest BCUT2D eigenvalue weighted by molar-refractivity contribution is 14.1. The van der Waals surface area contributed by atoms with Crippen LogP contribution < -0.4 is 0 Å². The van der Waals surface area contributed by atoms with Crippen molar-refractivity contribution in [2.24, 2.45) is 0 Å². The molecule has 0 aliphatic carbocycles. The fraction of sp³-hybridized carbons (Fsp3) is 0.364. The number of carbonyl (C=O) groups excluding carboxylic acids is 1. The van der Waals surface area contributed by atoms with Gasteiger partial charge in [0.2, 0.25) is 0 Å². The maximum absolute atomic E-state index is 11.6. The number of ether oxygens (including phenoxy) is 1. The van der Waals surface area contributed by atoms with Gasteiger partial charge in [0.25, 0.3) is 0 Å². The van der Waals surface area contributed by atoms with Crippen LogP contribution in [-0.4, -0.2) is 27.9 Å². The Morgan fingerprint density at radius 3 is 2.81 bits per heavy atom. The Morgan fingerprint density at radius 1 is 1.50 bits per heavy atom. The maximum Gasteiger partial charge on any atom is 0.339 e. The Hall–Kier alpha value is -0.403. The number of benzene rings is 1. The van der Waals surface area contributed by atoms with Gasteiger partial charge in [0.15, 0.2) is 0 Å². The van der Waals surface area contributed by atoms with Gasteiger partial charge in [-0.05, 0) is 46.7 Å². The van der Waals surface area contributed by atoms with Gasteiger partial charge in [0.1, 0.15) is 0 Å². The summed E-state index contributed by atoms with van der Waals surface area (Å²) in [6.07, 6.45) is 0.800. The molecule has 0 aliphatic rings. The monoisotopic (exact) mass is 347 g/mol. The van der Waals surface area contributed by atoms with E-state index in [1.807, 2.05) is 0 Å². The molecule has 1 aromatic carbocycles. The Kier molecular flexibility index (Phi) is 6.00. The van der Waals surface area contributed by atoms with Gasteiger partial charge in [-0.25, -0.2) is 4.79 Å². The van der Waals surface area contributed by atoms with Crippen LogP contribution in [0, 0.1) is 3.57 Å². The van der Waals surface area contributed by atoms with E-state index in [9.17, 15) is 4.79 Å². The molecule has 0 fully saturated rings. The van der Waals surface area contributed by atoms with E-state index >= 15 is 0 Å². The largest absolute Gasteiger partial charge is 0.462 e. The van der Waals surface area contributed by atoms with Crippen molar-refractivity contribution in [1.29, 1.82) is 0 Å². The summed E-state index contributed by atoms with van der Waals surface area (Å²) in [5, 5.41) is 8.94. The minimum atomic E-state index is -0.311. The molecule has 3 radical (unpaired) electrons. The summed E-state index contributed by atoms with van der Waals surface area (Å²) >= 11 is 2.06. The molecule has 0 aromatic heterocycles. The first kappa shape index (κ1) is 13.7. The molecular formula is C11H12IO3Si. The number of aliphatic hydroxyl groups excluding tert-OH is 1. The Morgan fingerprint density at radius 2 is 2.25 bits per heavy atom. The topological polar surface area (TPSA) is 46.5 Å². The second-order valence-corrected chi connectivity index (χ2v) is 4.87. The summed E-state index contributed by atoms with van der Waals surface area (Å²) in [6, 6.07) is 6.00. The van der Waals surface area contributed by atoms with E-state index in [0.29, 0.717) is 12.2 Å². The van der Waals surface area contributed by atoms with Crippen LogP contribution in [0.4, 0.5) is 0 Å². The summed E-state index contributed by atoms with van der Waals surface area (Å²) < 4.78 is 5.88.